The van der Waals surface area contributed by atoms with E-state index < -0.39 is 5.60 Å². The van der Waals surface area contributed by atoms with Gasteiger partial charge in [-0.25, -0.2) is 5.43 Å². The smallest absolute Gasteiger partial charge is 0.246 e. The molecule has 0 heterocycles. The highest BCUT2D eigenvalue weighted by Crippen LogP contribution is 2.55. The molecule has 0 aliphatic heterocycles. The minimum atomic E-state index is -0.499. The summed E-state index contributed by atoms with van der Waals surface area (Å²) in [5.74, 6) is -0.140. The molecule has 3 rings (SSSR count). The van der Waals surface area contributed by atoms with Crippen molar-refractivity contribution in [2.24, 2.45) is 11.0 Å². The molecule has 2 aromatic carbocycles. The summed E-state index contributed by atoms with van der Waals surface area (Å²) < 4.78 is 5.94. The van der Waals surface area contributed by atoms with Crippen LogP contribution < -0.4 is 5.43 Å². The van der Waals surface area contributed by atoms with Crippen LogP contribution >= 0.6 is 0 Å². The second-order valence-electron chi connectivity index (χ2n) is 6.40. The molecule has 4 heteroatoms. The molecule has 1 N–H and O–H groups in total. The fourth-order valence-electron chi connectivity index (χ4n) is 3.22. The van der Waals surface area contributed by atoms with Crippen LogP contribution in [0.15, 0.2) is 65.8 Å². The molecule has 3 atom stereocenters. The average molecular weight is 336 g/mol. The Kier molecular flexibility index (Phi) is 5.29. The number of benzene rings is 2. The van der Waals surface area contributed by atoms with Gasteiger partial charge in [0.15, 0.2) is 0 Å². The number of hydrogen-bond donors (Lipinski definition) is 1. The van der Waals surface area contributed by atoms with Gasteiger partial charge in [0, 0.05) is 18.7 Å². The number of carbonyl (C=O) groups is 1. The molecule has 4 nitrogen and oxygen atoms in total. The molecule has 1 saturated carbocycles. The molecule has 0 radical (unpaired) electrons. The largest absolute Gasteiger partial charge is 0.370 e. The highest BCUT2D eigenvalue weighted by Gasteiger charge is 2.60. The summed E-state index contributed by atoms with van der Waals surface area (Å²) >= 11 is 0. The van der Waals surface area contributed by atoms with E-state index in [1.165, 1.54) is 5.56 Å². The predicted octanol–water partition coefficient (Wildman–Crippen LogP) is 3.84. The summed E-state index contributed by atoms with van der Waals surface area (Å²) in [6.07, 6.45) is 2.46. The van der Waals surface area contributed by atoms with Gasteiger partial charge in [-0.3, -0.25) is 4.79 Å². The lowest BCUT2D eigenvalue weighted by Crippen LogP contribution is -2.26. The molecular formula is C21H24N2O2. The van der Waals surface area contributed by atoms with Crippen molar-refractivity contribution >= 4 is 12.1 Å². The third kappa shape index (κ3) is 3.80. The molecule has 1 fully saturated rings. The molecular weight excluding hydrogens is 312 g/mol. The first kappa shape index (κ1) is 17.4. The third-order valence-corrected chi connectivity index (χ3v) is 4.69. The van der Waals surface area contributed by atoms with Crippen LogP contribution in [0.3, 0.4) is 0 Å². The Labute approximate surface area is 148 Å². The monoisotopic (exact) mass is 336 g/mol. The van der Waals surface area contributed by atoms with Crippen LogP contribution in [0.4, 0.5) is 0 Å². The quantitative estimate of drug-likeness (QED) is 0.617. The van der Waals surface area contributed by atoms with Crippen LogP contribution in [0.2, 0.25) is 0 Å². The molecule has 0 aromatic heterocycles. The summed E-state index contributed by atoms with van der Waals surface area (Å²) in [6.45, 7) is 4.58. The molecule has 1 amide bonds. The molecule has 130 valence electrons. The number of ether oxygens (including phenoxy) is 1. The average Bonchev–Trinajstić information content (AvgIpc) is 3.39. The van der Waals surface area contributed by atoms with Crippen molar-refractivity contribution in [1.82, 2.24) is 5.43 Å². The van der Waals surface area contributed by atoms with E-state index >= 15 is 0 Å². The van der Waals surface area contributed by atoms with Crippen LogP contribution in [0.1, 0.15) is 37.3 Å². The maximum absolute atomic E-state index is 12.5. The van der Waals surface area contributed by atoms with Gasteiger partial charge in [-0.15, -0.1) is 0 Å². The standard InChI is InChI=1S/C21H24N2O2/c1-3-25-21(18-12-8-5-9-13-18)14-19(21)20(24)23-22-15-16(2)17-10-6-4-7-11-17/h4-13,15-16,19H,3,14H2,1-2H3,(H,23,24)/b22-15-/t16-,19+,21+/m1/s1. The van der Waals surface area contributed by atoms with E-state index in [1.807, 2.05) is 55.5 Å². The van der Waals surface area contributed by atoms with E-state index in [0.29, 0.717) is 13.0 Å². The molecule has 2 aromatic rings. The van der Waals surface area contributed by atoms with Crippen LogP contribution in [-0.2, 0) is 15.1 Å². The lowest BCUT2D eigenvalue weighted by atomic mass is 10.0. The number of nitrogens with zero attached hydrogens (tertiary/aromatic N) is 1. The highest BCUT2D eigenvalue weighted by molar-refractivity contribution is 5.84. The third-order valence-electron chi connectivity index (χ3n) is 4.69. The zero-order valence-corrected chi connectivity index (χ0v) is 14.7. The molecule has 0 saturated heterocycles. The first-order valence-corrected chi connectivity index (χ1v) is 8.75. The second kappa shape index (κ2) is 7.62. The van der Waals surface area contributed by atoms with Gasteiger partial charge in [0.25, 0.3) is 0 Å². The van der Waals surface area contributed by atoms with E-state index in [2.05, 4.69) is 29.6 Å². The Morgan fingerprint density at radius 3 is 2.52 bits per heavy atom. The zero-order chi connectivity index (χ0) is 17.7. The number of rotatable bonds is 7. The van der Waals surface area contributed by atoms with Gasteiger partial charge in [0.05, 0.1) is 5.92 Å². The molecule has 1 aliphatic carbocycles. The van der Waals surface area contributed by atoms with E-state index in [4.69, 9.17) is 4.74 Å². The number of amides is 1. The maximum atomic E-state index is 12.5. The molecule has 0 spiro atoms. The van der Waals surface area contributed by atoms with Gasteiger partial charge in [0.2, 0.25) is 5.91 Å². The molecule has 0 unspecified atom stereocenters. The Morgan fingerprint density at radius 2 is 1.88 bits per heavy atom. The van der Waals surface area contributed by atoms with E-state index in [9.17, 15) is 4.79 Å². The zero-order valence-electron chi connectivity index (χ0n) is 14.7. The SMILES string of the molecule is CCO[C@]1(c2ccccc2)C[C@H]1C(=O)N/N=C\[C@@H](C)c1ccccc1. The minimum absolute atomic E-state index is 0.0891. The van der Waals surface area contributed by atoms with Crippen molar-refractivity contribution in [3.8, 4) is 0 Å². The maximum Gasteiger partial charge on any atom is 0.246 e. The van der Waals surface area contributed by atoms with E-state index in [-0.39, 0.29) is 17.7 Å². The molecule has 25 heavy (non-hydrogen) atoms. The van der Waals surface area contributed by atoms with Crippen LogP contribution in [-0.4, -0.2) is 18.7 Å². The molecule has 1 aliphatic rings. The number of hydrazone groups is 1. The number of nitrogens with one attached hydrogen (secondary N) is 1. The van der Waals surface area contributed by atoms with Crippen LogP contribution in [0.25, 0.3) is 0 Å². The lowest BCUT2D eigenvalue weighted by molar-refractivity contribution is -0.124. The van der Waals surface area contributed by atoms with Crippen molar-refractivity contribution < 1.29 is 9.53 Å². The highest BCUT2D eigenvalue weighted by atomic mass is 16.5. The topological polar surface area (TPSA) is 50.7 Å². The van der Waals surface area contributed by atoms with Gasteiger partial charge in [-0.1, -0.05) is 67.6 Å². The van der Waals surface area contributed by atoms with Crippen LogP contribution in [0, 0.1) is 5.92 Å². The normalized spacial score (nSPS) is 23.4. The number of carbonyl (C=O) groups excluding carboxylic acids is 1. The second-order valence-corrected chi connectivity index (χ2v) is 6.40. The first-order valence-electron chi connectivity index (χ1n) is 8.75. The van der Waals surface area contributed by atoms with Crippen molar-refractivity contribution in [3.63, 3.8) is 0 Å². The van der Waals surface area contributed by atoms with Gasteiger partial charge >= 0.3 is 0 Å². The van der Waals surface area contributed by atoms with E-state index in [0.717, 1.165) is 5.56 Å². The predicted molar refractivity (Wildman–Crippen MR) is 99.3 cm³/mol. The fourth-order valence-corrected chi connectivity index (χ4v) is 3.22. The Hall–Kier alpha value is -2.46. The van der Waals surface area contributed by atoms with Crippen LogP contribution in [0.5, 0.6) is 0 Å². The van der Waals surface area contributed by atoms with Crippen molar-refractivity contribution in [2.75, 3.05) is 6.61 Å². The van der Waals surface area contributed by atoms with Crippen molar-refractivity contribution in [3.05, 3.63) is 71.8 Å². The van der Waals surface area contributed by atoms with Gasteiger partial charge in [-0.2, -0.15) is 5.10 Å². The summed E-state index contributed by atoms with van der Waals surface area (Å²) in [6, 6.07) is 20.0. The number of hydrogen-bond acceptors (Lipinski definition) is 3. The lowest BCUT2D eigenvalue weighted by Gasteiger charge is -2.17. The van der Waals surface area contributed by atoms with Gasteiger partial charge in [0.1, 0.15) is 5.60 Å². The van der Waals surface area contributed by atoms with Gasteiger partial charge < -0.3 is 4.74 Å². The Bertz CT molecular complexity index is 730. The summed E-state index contributed by atoms with van der Waals surface area (Å²) in [5, 5.41) is 4.15. The summed E-state index contributed by atoms with van der Waals surface area (Å²) in [4.78, 5) is 12.5. The Balaban J connectivity index is 1.61. The van der Waals surface area contributed by atoms with Crippen molar-refractivity contribution in [1.29, 1.82) is 0 Å². The fraction of sp³-hybridized carbons (Fsp3) is 0.333. The minimum Gasteiger partial charge on any atom is -0.370 e. The summed E-state index contributed by atoms with van der Waals surface area (Å²) in [7, 11) is 0. The first-order chi connectivity index (χ1) is 12.2. The summed E-state index contributed by atoms with van der Waals surface area (Å²) in [5.41, 5.74) is 4.40. The van der Waals surface area contributed by atoms with E-state index in [1.54, 1.807) is 6.21 Å². The van der Waals surface area contributed by atoms with Crippen molar-refractivity contribution in [2.45, 2.75) is 31.8 Å². The van der Waals surface area contributed by atoms with Gasteiger partial charge in [-0.05, 0) is 24.5 Å². The molecule has 0 bridgehead atoms. The Morgan fingerprint density at radius 1 is 1.24 bits per heavy atom.